The van der Waals surface area contributed by atoms with Crippen molar-refractivity contribution >= 4 is 0 Å². The van der Waals surface area contributed by atoms with Crippen LogP contribution in [0.5, 0.6) is 5.75 Å². The van der Waals surface area contributed by atoms with Crippen LogP contribution in [0.25, 0.3) is 0 Å². The summed E-state index contributed by atoms with van der Waals surface area (Å²) in [5, 5.41) is 3.24. The van der Waals surface area contributed by atoms with Crippen LogP contribution in [0.4, 0.5) is 0 Å². The third-order valence-electron chi connectivity index (χ3n) is 3.26. The van der Waals surface area contributed by atoms with E-state index in [1.54, 1.807) is 0 Å². The van der Waals surface area contributed by atoms with Gasteiger partial charge in [-0.3, -0.25) is 0 Å². The van der Waals surface area contributed by atoms with Crippen LogP contribution >= 0.6 is 0 Å². The van der Waals surface area contributed by atoms with Gasteiger partial charge >= 0.3 is 0 Å². The summed E-state index contributed by atoms with van der Waals surface area (Å²) in [5.74, 6) is 0.950. The van der Waals surface area contributed by atoms with E-state index in [0.29, 0.717) is 19.3 Å². The zero-order valence-electron chi connectivity index (χ0n) is 12.7. The minimum absolute atomic E-state index is 0.366. The van der Waals surface area contributed by atoms with Crippen LogP contribution in [-0.4, -0.2) is 26.9 Å². The van der Waals surface area contributed by atoms with Gasteiger partial charge in [0.15, 0.2) is 0 Å². The number of benzene rings is 1. The number of rotatable bonds is 9. The number of hydrogen-bond acceptors (Lipinski definition) is 3. The summed E-state index contributed by atoms with van der Waals surface area (Å²) < 4.78 is 11.2. The molecule has 0 amide bonds. The molecular formula is C16H27NO2. The van der Waals surface area contributed by atoms with E-state index in [1.165, 1.54) is 17.5 Å². The fraction of sp³-hybridized carbons (Fsp3) is 0.625. The lowest BCUT2D eigenvalue weighted by atomic mass is 10.1. The molecule has 1 N–H and O–H groups in total. The molecule has 108 valence electrons. The molecule has 0 spiro atoms. The molecule has 0 aliphatic rings. The Morgan fingerprint density at radius 3 is 2.63 bits per heavy atom. The normalized spacial score (nSPS) is 12.4. The summed E-state index contributed by atoms with van der Waals surface area (Å²) in [5.41, 5.74) is 2.46. The fourth-order valence-electron chi connectivity index (χ4n) is 1.83. The molecule has 0 fully saturated rings. The number of ether oxygens (including phenoxy) is 2. The number of unbranched alkanes of at least 4 members (excludes halogenated alkanes) is 1. The van der Waals surface area contributed by atoms with Crippen molar-refractivity contribution in [1.82, 2.24) is 5.32 Å². The van der Waals surface area contributed by atoms with E-state index in [0.717, 1.165) is 18.8 Å². The average molecular weight is 265 g/mol. The van der Waals surface area contributed by atoms with Gasteiger partial charge in [0, 0.05) is 12.6 Å². The molecule has 0 aliphatic heterocycles. The molecule has 3 heteroatoms. The molecule has 0 saturated heterocycles. The maximum Gasteiger partial charge on any atom is 0.122 e. The maximum absolute atomic E-state index is 5.74. The Hall–Kier alpha value is -1.06. The van der Waals surface area contributed by atoms with Crippen molar-refractivity contribution in [1.29, 1.82) is 0 Å². The maximum atomic E-state index is 5.74. The monoisotopic (exact) mass is 265 g/mol. The van der Waals surface area contributed by atoms with Crippen LogP contribution in [0, 0.1) is 6.92 Å². The van der Waals surface area contributed by atoms with E-state index in [4.69, 9.17) is 9.47 Å². The van der Waals surface area contributed by atoms with Gasteiger partial charge in [-0.2, -0.15) is 0 Å². The van der Waals surface area contributed by atoms with Gasteiger partial charge in [-0.1, -0.05) is 25.5 Å². The highest BCUT2D eigenvalue weighted by Crippen LogP contribution is 2.22. The Morgan fingerprint density at radius 2 is 2.00 bits per heavy atom. The van der Waals surface area contributed by atoms with Gasteiger partial charge in [-0.15, -0.1) is 0 Å². The summed E-state index contributed by atoms with van der Waals surface area (Å²) in [6.07, 6.45) is 2.29. The smallest absolute Gasteiger partial charge is 0.122 e. The highest BCUT2D eigenvalue weighted by Gasteiger charge is 2.05. The van der Waals surface area contributed by atoms with Crippen molar-refractivity contribution in [3.63, 3.8) is 0 Å². The third kappa shape index (κ3) is 5.62. The average Bonchev–Trinajstić information content (AvgIpc) is 2.43. The highest BCUT2D eigenvalue weighted by atomic mass is 16.5. The third-order valence-corrected chi connectivity index (χ3v) is 3.26. The molecule has 1 atom stereocenters. The summed E-state index contributed by atoms with van der Waals surface area (Å²) in [6, 6.07) is 6.70. The predicted molar refractivity (Wildman–Crippen MR) is 79.9 cm³/mol. The molecule has 0 saturated carbocycles. The highest BCUT2D eigenvalue weighted by molar-refractivity contribution is 5.37. The summed E-state index contributed by atoms with van der Waals surface area (Å²) in [6.45, 7) is 8.50. The van der Waals surface area contributed by atoms with Crippen molar-refractivity contribution in [2.24, 2.45) is 0 Å². The Morgan fingerprint density at radius 1 is 1.21 bits per heavy atom. The van der Waals surface area contributed by atoms with E-state index in [1.807, 2.05) is 13.1 Å². The van der Waals surface area contributed by atoms with Crippen LogP contribution in [0.1, 0.15) is 43.9 Å². The van der Waals surface area contributed by atoms with Gasteiger partial charge in [0.2, 0.25) is 0 Å². The first kappa shape index (κ1) is 16.0. The fourth-order valence-corrected chi connectivity index (χ4v) is 1.83. The van der Waals surface area contributed by atoms with Crippen molar-refractivity contribution in [3.05, 3.63) is 29.3 Å². The van der Waals surface area contributed by atoms with Crippen molar-refractivity contribution in [2.45, 2.75) is 39.7 Å². The predicted octanol–water partition coefficient (Wildman–Crippen LogP) is 3.47. The van der Waals surface area contributed by atoms with Gasteiger partial charge in [-0.25, -0.2) is 0 Å². The van der Waals surface area contributed by atoms with Crippen molar-refractivity contribution < 1.29 is 9.47 Å². The van der Waals surface area contributed by atoms with Gasteiger partial charge < -0.3 is 14.8 Å². The zero-order valence-corrected chi connectivity index (χ0v) is 12.7. The molecule has 3 nitrogen and oxygen atoms in total. The van der Waals surface area contributed by atoms with E-state index < -0.39 is 0 Å². The standard InChI is InChI=1S/C16H27NO2/c1-5-6-9-18-10-11-19-16-8-7-15(12-13(16)2)14(3)17-4/h7-8,12,14,17H,5-6,9-11H2,1-4H3. The molecule has 1 rings (SSSR count). The lowest BCUT2D eigenvalue weighted by Crippen LogP contribution is -2.13. The van der Waals surface area contributed by atoms with E-state index in [2.05, 4.69) is 38.2 Å². The minimum Gasteiger partial charge on any atom is -0.491 e. The van der Waals surface area contributed by atoms with Crippen LogP contribution in [0.3, 0.4) is 0 Å². The first-order valence-corrected chi connectivity index (χ1v) is 7.17. The SMILES string of the molecule is CCCCOCCOc1ccc(C(C)NC)cc1C. The van der Waals surface area contributed by atoms with E-state index in [-0.39, 0.29) is 0 Å². The quantitative estimate of drug-likeness (QED) is 0.693. The molecule has 0 heterocycles. The van der Waals surface area contributed by atoms with Gasteiger partial charge in [0.05, 0.1) is 6.61 Å². The van der Waals surface area contributed by atoms with Gasteiger partial charge in [0.1, 0.15) is 12.4 Å². The second-order valence-corrected chi connectivity index (χ2v) is 4.85. The molecule has 1 aromatic carbocycles. The molecular weight excluding hydrogens is 238 g/mol. The van der Waals surface area contributed by atoms with E-state index in [9.17, 15) is 0 Å². The Labute approximate surface area is 117 Å². The molecule has 19 heavy (non-hydrogen) atoms. The largest absolute Gasteiger partial charge is 0.491 e. The lowest BCUT2D eigenvalue weighted by Gasteiger charge is -2.14. The van der Waals surface area contributed by atoms with E-state index >= 15 is 0 Å². The van der Waals surface area contributed by atoms with Crippen LogP contribution < -0.4 is 10.1 Å². The molecule has 1 aromatic rings. The topological polar surface area (TPSA) is 30.5 Å². The molecule has 0 radical (unpaired) electrons. The van der Waals surface area contributed by atoms with Crippen molar-refractivity contribution in [3.8, 4) is 5.75 Å². The first-order valence-electron chi connectivity index (χ1n) is 7.17. The zero-order chi connectivity index (χ0) is 14.1. The molecule has 0 aromatic heterocycles. The number of aryl methyl sites for hydroxylation is 1. The van der Waals surface area contributed by atoms with Crippen molar-refractivity contribution in [2.75, 3.05) is 26.9 Å². The molecule has 0 bridgehead atoms. The van der Waals surface area contributed by atoms with Crippen LogP contribution in [0.2, 0.25) is 0 Å². The number of nitrogens with one attached hydrogen (secondary N) is 1. The van der Waals surface area contributed by atoms with Crippen LogP contribution in [-0.2, 0) is 4.74 Å². The second kappa shape index (κ2) is 8.94. The molecule has 0 aliphatic carbocycles. The minimum atomic E-state index is 0.366. The van der Waals surface area contributed by atoms with Gasteiger partial charge in [-0.05, 0) is 44.5 Å². The number of hydrogen-bond donors (Lipinski definition) is 1. The first-order chi connectivity index (χ1) is 9.19. The lowest BCUT2D eigenvalue weighted by molar-refractivity contribution is 0.0978. The summed E-state index contributed by atoms with van der Waals surface area (Å²) in [7, 11) is 1.97. The second-order valence-electron chi connectivity index (χ2n) is 4.85. The molecule has 1 unspecified atom stereocenters. The Bertz CT molecular complexity index is 366. The summed E-state index contributed by atoms with van der Waals surface area (Å²) >= 11 is 0. The van der Waals surface area contributed by atoms with Crippen LogP contribution in [0.15, 0.2) is 18.2 Å². The summed E-state index contributed by atoms with van der Waals surface area (Å²) in [4.78, 5) is 0. The Kier molecular flexibility index (Phi) is 7.53. The Balaban J connectivity index is 2.38. The van der Waals surface area contributed by atoms with Gasteiger partial charge in [0.25, 0.3) is 0 Å².